The fraction of sp³-hybridized carbons (Fsp3) is 0.500. The number of thioether (sulfide) groups is 1. The standard InChI is InChI=1S/C26H35N6O9PS/c1-15(33)25(2,3)23(36)43-11-10-39-42(38,29-12-16-8-6-5-7-9-16)40-13-17-19(34)26(4,37)22(41-17)32-14-28-18-20(32)30-24(27)31-21(18)35/h5-9,14,17,19,22,34,37H,10-13H2,1-4H3,(H,29,38)(H3,27,30,31,35). The van der Waals surface area contributed by atoms with Crippen LogP contribution in [0.4, 0.5) is 5.95 Å². The summed E-state index contributed by atoms with van der Waals surface area (Å²) in [7, 11) is -4.07. The molecule has 1 aliphatic rings. The topological polar surface area (TPSA) is 221 Å². The minimum Gasteiger partial charge on any atom is -0.387 e. The molecule has 17 heteroatoms. The van der Waals surface area contributed by atoms with Crippen LogP contribution in [0, 0.1) is 5.41 Å². The molecule has 0 radical (unpaired) electrons. The van der Waals surface area contributed by atoms with E-state index in [0.717, 1.165) is 17.3 Å². The van der Waals surface area contributed by atoms with E-state index < -0.39 is 49.4 Å². The van der Waals surface area contributed by atoms with Gasteiger partial charge in [0, 0.05) is 12.3 Å². The Labute approximate surface area is 251 Å². The summed E-state index contributed by atoms with van der Waals surface area (Å²) < 4.78 is 32.2. The monoisotopic (exact) mass is 638 g/mol. The van der Waals surface area contributed by atoms with Gasteiger partial charge in [-0.25, -0.2) is 14.6 Å². The van der Waals surface area contributed by atoms with Gasteiger partial charge in [0.05, 0.1) is 25.0 Å². The zero-order valence-corrected chi connectivity index (χ0v) is 25.8. The smallest absolute Gasteiger partial charge is 0.387 e. The maximum absolute atomic E-state index is 13.7. The Kier molecular flexibility index (Phi) is 9.93. The molecule has 0 spiro atoms. The second kappa shape index (κ2) is 13.0. The van der Waals surface area contributed by atoms with Crippen molar-refractivity contribution in [3.05, 3.63) is 52.6 Å². The van der Waals surface area contributed by atoms with E-state index in [-0.39, 0.29) is 46.9 Å². The van der Waals surface area contributed by atoms with E-state index in [9.17, 15) is 29.2 Å². The zero-order valence-electron chi connectivity index (χ0n) is 24.1. The Bertz CT molecular complexity index is 1580. The number of hydrogen-bond donors (Lipinski definition) is 5. The van der Waals surface area contributed by atoms with Gasteiger partial charge in [0.25, 0.3) is 5.56 Å². The number of H-pyrrole nitrogens is 1. The van der Waals surface area contributed by atoms with Crippen molar-refractivity contribution in [2.45, 2.75) is 58.3 Å². The maximum Gasteiger partial charge on any atom is 0.405 e. The van der Waals surface area contributed by atoms with Gasteiger partial charge in [-0.3, -0.25) is 33.0 Å². The van der Waals surface area contributed by atoms with Crippen LogP contribution < -0.4 is 16.4 Å². The van der Waals surface area contributed by atoms with Gasteiger partial charge in [-0.1, -0.05) is 42.1 Å². The highest BCUT2D eigenvalue weighted by molar-refractivity contribution is 8.13. The van der Waals surface area contributed by atoms with Gasteiger partial charge in [-0.2, -0.15) is 4.98 Å². The summed E-state index contributed by atoms with van der Waals surface area (Å²) in [6, 6.07) is 9.07. The molecule has 6 N–H and O–H groups in total. The predicted molar refractivity (Wildman–Crippen MR) is 158 cm³/mol. The van der Waals surface area contributed by atoms with Crippen LogP contribution >= 0.6 is 19.5 Å². The van der Waals surface area contributed by atoms with Crippen LogP contribution in [0.2, 0.25) is 0 Å². The molecule has 3 heterocycles. The first-order valence-corrected chi connectivity index (χ1v) is 15.8. The molecule has 0 saturated carbocycles. The molecular weight excluding hydrogens is 603 g/mol. The van der Waals surface area contributed by atoms with Crippen LogP contribution in [0.5, 0.6) is 0 Å². The summed E-state index contributed by atoms with van der Waals surface area (Å²) >= 11 is 0.877. The number of nitrogens with two attached hydrogens (primary N) is 1. The van der Waals surface area contributed by atoms with E-state index in [2.05, 4.69) is 20.0 Å². The SMILES string of the molecule is CC(=O)C(C)(C)C(=O)SCCOP(=O)(NCc1ccccc1)OCC1OC(n2cnc3c(=O)[nH]c(N)nc32)C(C)(O)C1O. The lowest BCUT2D eigenvalue weighted by molar-refractivity contribution is -0.132. The number of ether oxygens (including phenoxy) is 1. The third-order valence-corrected chi connectivity index (χ3v) is 9.85. The second-order valence-electron chi connectivity index (χ2n) is 10.7. The molecule has 234 valence electrons. The van der Waals surface area contributed by atoms with Gasteiger partial charge in [0.2, 0.25) is 11.1 Å². The van der Waals surface area contributed by atoms with Crippen molar-refractivity contribution >= 4 is 47.5 Å². The maximum atomic E-state index is 13.7. The Morgan fingerprint density at radius 2 is 2.00 bits per heavy atom. The number of carbonyl (C=O) groups excluding carboxylic acids is 2. The lowest BCUT2D eigenvalue weighted by atomic mass is 9.91. The summed E-state index contributed by atoms with van der Waals surface area (Å²) in [5, 5.41) is 24.5. The minimum atomic E-state index is -4.07. The largest absolute Gasteiger partial charge is 0.405 e. The number of aromatic nitrogens is 4. The van der Waals surface area contributed by atoms with Crippen molar-refractivity contribution in [1.29, 1.82) is 0 Å². The van der Waals surface area contributed by atoms with Gasteiger partial charge in [-0.05, 0) is 33.3 Å². The lowest BCUT2D eigenvalue weighted by Gasteiger charge is -2.27. The highest BCUT2D eigenvalue weighted by atomic mass is 32.2. The lowest BCUT2D eigenvalue weighted by Crippen LogP contribution is -2.44. The fourth-order valence-electron chi connectivity index (χ4n) is 4.19. The molecule has 0 bridgehead atoms. The summed E-state index contributed by atoms with van der Waals surface area (Å²) in [4.78, 5) is 46.9. The van der Waals surface area contributed by atoms with Crippen LogP contribution in [-0.4, -0.2) is 77.4 Å². The quantitative estimate of drug-likeness (QED) is 0.102. The van der Waals surface area contributed by atoms with E-state index in [1.165, 1.54) is 38.6 Å². The highest BCUT2D eigenvalue weighted by Crippen LogP contribution is 2.47. The number of nitrogens with one attached hydrogen (secondary N) is 2. The third-order valence-electron chi connectivity index (χ3n) is 7.15. The van der Waals surface area contributed by atoms with E-state index in [4.69, 9.17) is 19.5 Å². The first-order valence-electron chi connectivity index (χ1n) is 13.3. The molecule has 3 aromatic rings. The van der Waals surface area contributed by atoms with Crippen LogP contribution in [0.25, 0.3) is 11.2 Å². The number of nitrogen functional groups attached to an aromatic ring is 1. The third kappa shape index (κ3) is 7.24. The van der Waals surface area contributed by atoms with Gasteiger partial charge < -0.3 is 20.7 Å². The first-order chi connectivity index (χ1) is 20.2. The van der Waals surface area contributed by atoms with Crippen LogP contribution in [-0.2, 0) is 34.5 Å². The number of hydrogen-bond acceptors (Lipinski definition) is 13. The van der Waals surface area contributed by atoms with Gasteiger partial charge >= 0.3 is 7.75 Å². The minimum absolute atomic E-state index is 0.0267. The average molecular weight is 639 g/mol. The van der Waals surface area contributed by atoms with Crippen LogP contribution in [0.3, 0.4) is 0 Å². The van der Waals surface area contributed by atoms with Crippen molar-refractivity contribution in [3.8, 4) is 0 Å². The zero-order chi connectivity index (χ0) is 31.6. The average Bonchev–Trinajstić information content (AvgIpc) is 3.47. The molecule has 1 aromatic carbocycles. The molecule has 0 aliphatic carbocycles. The fourth-order valence-corrected chi connectivity index (χ4v) is 6.48. The van der Waals surface area contributed by atoms with Crippen LogP contribution in [0.15, 0.2) is 41.5 Å². The Hall–Kier alpha value is -2.95. The number of benzene rings is 1. The van der Waals surface area contributed by atoms with Gasteiger partial charge in [-0.15, -0.1) is 0 Å². The van der Waals surface area contributed by atoms with E-state index in [0.29, 0.717) is 0 Å². The van der Waals surface area contributed by atoms with E-state index in [1.807, 2.05) is 30.3 Å². The number of fused-ring (bicyclic) bond motifs is 1. The van der Waals surface area contributed by atoms with Crippen LogP contribution in [0.1, 0.15) is 39.5 Å². The number of rotatable bonds is 13. The van der Waals surface area contributed by atoms with Crippen molar-refractivity contribution in [2.75, 3.05) is 24.7 Å². The van der Waals surface area contributed by atoms with Crippen molar-refractivity contribution in [2.24, 2.45) is 5.41 Å². The van der Waals surface area contributed by atoms with Crippen molar-refractivity contribution in [1.82, 2.24) is 24.6 Å². The normalized spacial score (nSPS) is 23.8. The number of carbonyl (C=O) groups is 2. The Balaban J connectivity index is 1.46. The number of aliphatic hydroxyl groups is 2. The number of anilines is 1. The molecule has 0 amide bonds. The second-order valence-corrected chi connectivity index (χ2v) is 13.6. The molecule has 43 heavy (non-hydrogen) atoms. The number of nitrogens with zero attached hydrogens (tertiary/aromatic N) is 3. The van der Waals surface area contributed by atoms with Gasteiger partial charge in [0.1, 0.15) is 23.6 Å². The van der Waals surface area contributed by atoms with Crippen molar-refractivity contribution in [3.63, 3.8) is 0 Å². The summed E-state index contributed by atoms with van der Waals surface area (Å²) in [6.07, 6.45) is -2.76. The van der Waals surface area contributed by atoms with E-state index in [1.54, 1.807) is 0 Å². The molecule has 5 atom stereocenters. The summed E-state index contributed by atoms with van der Waals surface area (Å²) in [5.41, 5.74) is 2.77. The highest BCUT2D eigenvalue weighted by Gasteiger charge is 2.54. The van der Waals surface area contributed by atoms with E-state index >= 15 is 0 Å². The van der Waals surface area contributed by atoms with Crippen molar-refractivity contribution < 1.29 is 38.2 Å². The van der Waals surface area contributed by atoms with Gasteiger partial charge in [0.15, 0.2) is 17.4 Å². The number of aliphatic hydroxyl groups excluding tert-OH is 1. The Morgan fingerprint density at radius 3 is 2.67 bits per heavy atom. The number of ketones is 1. The molecule has 4 rings (SSSR count). The predicted octanol–water partition coefficient (Wildman–Crippen LogP) is 1.52. The number of Topliss-reactive ketones (excluding diaryl/α,β-unsaturated/α-hetero) is 1. The number of aromatic amines is 1. The number of imidazole rings is 1. The molecule has 5 unspecified atom stereocenters. The summed E-state index contributed by atoms with van der Waals surface area (Å²) in [5.74, 6) is -0.355. The Morgan fingerprint density at radius 1 is 1.30 bits per heavy atom. The summed E-state index contributed by atoms with van der Waals surface area (Å²) in [6.45, 7) is 5.20. The molecule has 1 aliphatic heterocycles. The first kappa shape index (κ1) is 33.0. The molecule has 2 aromatic heterocycles. The molecule has 1 fully saturated rings. The molecule has 15 nitrogen and oxygen atoms in total. The molecule has 1 saturated heterocycles. The molecular formula is C26H35N6O9PS.